The predicted octanol–water partition coefficient (Wildman–Crippen LogP) is -1.33. The smallest absolute Gasteiger partial charge is 0.0665 e. The maximum absolute atomic E-state index is 9.16. The van der Waals surface area contributed by atoms with Gasteiger partial charge in [-0.3, -0.25) is 0 Å². The van der Waals surface area contributed by atoms with E-state index in [1.165, 1.54) is 0 Å². The highest BCUT2D eigenvalue weighted by atomic mass is 16.3. The van der Waals surface area contributed by atoms with Crippen molar-refractivity contribution in [2.24, 2.45) is 5.73 Å². The SMILES string of the molecule is CC(O)C(CCO)NCCN. The Morgan fingerprint density at radius 2 is 2.18 bits per heavy atom. The lowest BCUT2D eigenvalue weighted by molar-refractivity contribution is 0.126. The van der Waals surface area contributed by atoms with E-state index in [0.29, 0.717) is 19.5 Å². The molecule has 0 aromatic rings. The van der Waals surface area contributed by atoms with E-state index >= 15 is 0 Å². The van der Waals surface area contributed by atoms with E-state index in [4.69, 9.17) is 15.9 Å². The van der Waals surface area contributed by atoms with Crippen molar-refractivity contribution in [1.29, 1.82) is 0 Å². The van der Waals surface area contributed by atoms with Crippen molar-refractivity contribution in [1.82, 2.24) is 5.32 Å². The molecule has 0 amide bonds. The van der Waals surface area contributed by atoms with Crippen molar-refractivity contribution in [2.45, 2.75) is 25.5 Å². The fourth-order valence-corrected chi connectivity index (χ4v) is 0.922. The lowest BCUT2D eigenvalue weighted by atomic mass is 10.1. The lowest BCUT2D eigenvalue weighted by Gasteiger charge is -2.19. The van der Waals surface area contributed by atoms with Crippen LogP contribution in [-0.2, 0) is 0 Å². The van der Waals surface area contributed by atoms with Gasteiger partial charge in [0.2, 0.25) is 0 Å². The molecule has 2 atom stereocenters. The predicted molar refractivity (Wildman–Crippen MR) is 44.2 cm³/mol. The van der Waals surface area contributed by atoms with Crippen LogP contribution in [-0.4, -0.2) is 42.1 Å². The number of aliphatic hydroxyl groups is 2. The van der Waals surface area contributed by atoms with Crippen molar-refractivity contribution < 1.29 is 10.2 Å². The number of aliphatic hydroxyl groups excluding tert-OH is 2. The molecule has 0 aliphatic carbocycles. The molecule has 4 heteroatoms. The number of nitrogens with one attached hydrogen (secondary N) is 1. The molecule has 0 bridgehead atoms. The summed E-state index contributed by atoms with van der Waals surface area (Å²) >= 11 is 0. The summed E-state index contributed by atoms with van der Waals surface area (Å²) < 4.78 is 0. The molecule has 0 fully saturated rings. The Kier molecular flexibility index (Phi) is 6.45. The molecule has 0 rings (SSSR count). The summed E-state index contributed by atoms with van der Waals surface area (Å²) in [5, 5.41) is 20.8. The van der Waals surface area contributed by atoms with Gasteiger partial charge in [-0.25, -0.2) is 0 Å². The first-order chi connectivity index (χ1) is 5.22. The number of nitrogens with two attached hydrogens (primary N) is 1. The van der Waals surface area contributed by atoms with E-state index < -0.39 is 6.10 Å². The summed E-state index contributed by atoms with van der Waals surface area (Å²) in [5.41, 5.74) is 5.27. The van der Waals surface area contributed by atoms with Crippen LogP contribution in [0.15, 0.2) is 0 Å². The summed E-state index contributed by atoms with van der Waals surface area (Å²) in [7, 11) is 0. The molecule has 0 aromatic heterocycles. The summed E-state index contributed by atoms with van der Waals surface area (Å²) in [4.78, 5) is 0. The van der Waals surface area contributed by atoms with Crippen LogP contribution in [0.25, 0.3) is 0 Å². The van der Waals surface area contributed by atoms with Crippen molar-refractivity contribution in [2.75, 3.05) is 19.7 Å². The first-order valence-corrected chi connectivity index (χ1v) is 3.94. The van der Waals surface area contributed by atoms with Crippen LogP contribution in [0.2, 0.25) is 0 Å². The van der Waals surface area contributed by atoms with Crippen molar-refractivity contribution >= 4 is 0 Å². The molecule has 0 spiro atoms. The van der Waals surface area contributed by atoms with Gasteiger partial charge in [-0.15, -0.1) is 0 Å². The van der Waals surface area contributed by atoms with Crippen molar-refractivity contribution in [3.8, 4) is 0 Å². The normalized spacial score (nSPS) is 16.4. The molecule has 0 saturated carbocycles. The zero-order valence-electron chi connectivity index (χ0n) is 6.95. The maximum Gasteiger partial charge on any atom is 0.0665 e. The van der Waals surface area contributed by atoms with Crippen molar-refractivity contribution in [3.05, 3.63) is 0 Å². The second-order valence-electron chi connectivity index (χ2n) is 2.60. The molecule has 68 valence electrons. The van der Waals surface area contributed by atoms with Gasteiger partial charge in [0.1, 0.15) is 0 Å². The van der Waals surface area contributed by atoms with E-state index in [1.54, 1.807) is 6.92 Å². The van der Waals surface area contributed by atoms with Crippen molar-refractivity contribution in [3.63, 3.8) is 0 Å². The van der Waals surface area contributed by atoms with Crippen LogP contribution in [0.3, 0.4) is 0 Å². The molecule has 2 unspecified atom stereocenters. The van der Waals surface area contributed by atoms with Gasteiger partial charge in [-0.2, -0.15) is 0 Å². The first kappa shape index (κ1) is 10.8. The number of hydrogen-bond donors (Lipinski definition) is 4. The molecule has 0 aromatic carbocycles. The number of rotatable bonds is 6. The second kappa shape index (κ2) is 6.54. The van der Waals surface area contributed by atoms with Gasteiger partial charge >= 0.3 is 0 Å². The molecule has 5 N–H and O–H groups in total. The Balaban J connectivity index is 3.51. The highest BCUT2D eigenvalue weighted by molar-refractivity contribution is 4.71. The van der Waals surface area contributed by atoms with E-state index in [2.05, 4.69) is 5.32 Å². The minimum atomic E-state index is -0.436. The third-order valence-corrected chi connectivity index (χ3v) is 1.57. The van der Waals surface area contributed by atoms with Crippen LogP contribution in [0.4, 0.5) is 0 Å². The van der Waals surface area contributed by atoms with Crippen LogP contribution in [0.5, 0.6) is 0 Å². The average molecular weight is 162 g/mol. The quantitative estimate of drug-likeness (QED) is 0.390. The fraction of sp³-hybridized carbons (Fsp3) is 1.00. The minimum absolute atomic E-state index is 0.0384. The Morgan fingerprint density at radius 3 is 2.55 bits per heavy atom. The minimum Gasteiger partial charge on any atom is -0.396 e. The fourth-order valence-electron chi connectivity index (χ4n) is 0.922. The molecular weight excluding hydrogens is 144 g/mol. The Morgan fingerprint density at radius 1 is 1.55 bits per heavy atom. The third-order valence-electron chi connectivity index (χ3n) is 1.57. The molecule has 4 nitrogen and oxygen atoms in total. The zero-order valence-corrected chi connectivity index (χ0v) is 6.95. The molecule has 0 saturated heterocycles. The second-order valence-corrected chi connectivity index (χ2v) is 2.60. The van der Waals surface area contributed by atoms with Crippen LogP contribution in [0, 0.1) is 0 Å². The number of hydrogen-bond acceptors (Lipinski definition) is 4. The Labute approximate surface area is 67.4 Å². The van der Waals surface area contributed by atoms with Gasteiger partial charge in [0, 0.05) is 25.7 Å². The van der Waals surface area contributed by atoms with E-state index in [9.17, 15) is 0 Å². The standard InChI is InChI=1S/C7H18N2O2/c1-6(11)7(2-5-10)9-4-3-8/h6-7,9-11H,2-5,8H2,1H3. The van der Waals surface area contributed by atoms with Gasteiger partial charge in [-0.05, 0) is 13.3 Å². The molecule has 11 heavy (non-hydrogen) atoms. The van der Waals surface area contributed by atoms with E-state index in [0.717, 1.165) is 0 Å². The maximum atomic E-state index is 9.16. The highest BCUT2D eigenvalue weighted by Crippen LogP contribution is 1.96. The van der Waals surface area contributed by atoms with Gasteiger partial charge in [0.15, 0.2) is 0 Å². The monoisotopic (exact) mass is 162 g/mol. The van der Waals surface area contributed by atoms with Gasteiger partial charge < -0.3 is 21.3 Å². The van der Waals surface area contributed by atoms with Gasteiger partial charge in [0.25, 0.3) is 0 Å². The van der Waals surface area contributed by atoms with Crippen LogP contribution in [0.1, 0.15) is 13.3 Å². The van der Waals surface area contributed by atoms with Gasteiger partial charge in [0.05, 0.1) is 6.10 Å². The summed E-state index contributed by atoms with van der Waals surface area (Å²) in [6.07, 6.45) is 0.131. The average Bonchev–Trinajstić information content (AvgIpc) is 1.97. The van der Waals surface area contributed by atoms with E-state index in [-0.39, 0.29) is 12.6 Å². The van der Waals surface area contributed by atoms with E-state index in [1.807, 2.05) is 0 Å². The topological polar surface area (TPSA) is 78.5 Å². The molecular formula is C7H18N2O2. The zero-order chi connectivity index (χ0) is 8.69. The molecule has 0 aliphatic rings. The third kappa shape index (κ3) is 5.15. The molecule has 0 aliphatic heterocycles. The Bertz CT molecular complexity index is 88.5. The van der Waals surface area contributed by atoms with Crippen LogP contribution < -0.4 is 11.1 Å². The lowest BCUT2D eigenvalue weighted by Crippen LogP contribution is -2.41. The largest absolute Gasteiger partial charge is 0.396 e. The first-order valence-electron chi connectivity index (χ1n) is 3.94. The summed E-state index contributed by atoms with van der Waals surface area (Å²) in [5.74, 6) is 0. The van der Waals surface area contributed by atoms with Gasteiger partial charge in [-0.1, -0.05) is 0 Å². The Hall–Kier alpha value is -0.160. The summed E-state index contributed by atoms with van der Waals surface area (Å²) in [6.45, 7) is 3.02. The summed E-state index contributed by atoms with van der Waals surface area (Å²) in [6, 6.07) is -0.0384. The molecule has 0 radical (unpaired) electrons. The van der Waals surface area contributed by atoms with Crippen LogP contribution >= 0.6 is 0 Å². The molecule has 0 heterocycles. The highest BCUT2D eigenvalue weighted by Gasteiger charge is 2.11.